The third kappa shape index (κ3) is 5.91. The Morgan fingerprint density at radius 2 is 1.82 bits per heavy atom. The van der Waals surface area contributed by atoms with Crippen molar-refractivity contribution in [3.05, 3.63) is 40.8 Å². The van der Waals surface area contributed by atoms with Crippen LogP contribution < -0.4 is 14.4 Å². The standard InChI is InChI=1S/C26H31N3O4S/c1-31-23-7-5-19(16-24(23)32-2)20(17-27)15-22-6-8-25(34-22)29-13-9-21(10-14-29)33-26(30)18-28-11-3-4-12-28/h5-8,15-16,21H,3-4,9-14,18H2,1-2H3. The molecule has 0 radical (unpaired) electrons. The first-order chi connectivity index (χ1) is 16.6. The van der Waals surface area contributed by atoms with Crippen LogP contribution in [-0.4, -0.2) is 63.9 Å². The summed E-state index contributed by atoms with van der Waals surface area (Å²) in [6.07, 6.45) is 5.93. The Balaban J connectivity index is 1.34. The number of thiophene rings is 1. The molecule has 2 fully saturated rings. The Morgan fingerprint density at radius 1 is 1.09 bits per heavy atom. The summed E-state index contributed by atoms with van der Waals surface area (Å²) >= 11 is 1.66. The lowest BCUT2D eigenvalue weighted by Gasteiger charge is -2.32. The number of allylic oxidation sites excluding steroid dienone is 1. The van der Waals surface area contributed by atoms with Crippen molar-refractivity contribution in [2.45, 2.75) is 31.8 Å². The van der Waals surface area contributed by atoms with Crippen LogP contribution in [0.5, 0.6) is 11.5 Å². The molecule has 8 heteroatoms. The topological polar surface area (TPSA) is 75.0 Å². The van der Waals surface area contributed by atoms with E-state index in [-0.39, 0.29) is 12.1 Å². The summed E-state index contributed by atoms with van der Waals surface area (Å²) in [7, 11) is 3.17. The van der Waals surface area contributed by atoms with Crippen molar-refractivity contribution in [2.75, 3.05) is 51.8 Å². The molecule has 3 heterocycles. The molecular formula is C26H31N3O4S. The molecule has 2 saturated heterocycles. The predicted molar refractivity (Wildman–Crippen MR) is 134 cm³/mol. The van der Waals surface area contributed by atoms with Crippen LogP contribution in [0.3, 0.4) is 0 Å². The molecule has 0 saturated carbocycles. The van der Waals surface area contributed by atoms with Gasteiger partial charge in [0.05, 0.1) is 37.4 Å². The summed E-state index contributed by atoms with van der Waals surface area (Å²) in [6.45, 7) is 4.13. The van der Waals surface area contributed by atoms with E-state index in [1.54, 1.807) is 31.6 Å². The van der Waals surface area contributed by atoms with E-state index in [0.29, 0.717) is 23.6 Å². The highest BCUT2D eigenvalue weighted by Gasteiger charge is 2.24. The maximum atomic E-state index is 12.2. The molecule has 1 aromatic heterocycles. The van der Waals surface area contributed by atoms with Gasteiger partial charge in [0.25, 0.3) is 0 Å². The second-order valence-corrected chi connectivity index (χ2v) is 9.67. The van der Waals surface area contributed by atoms with Gasteiger partial charge in [-0.15, -0.1) is 11.3 Å². The minimum Gasteiger partial charge on any atom is -0.493 e. The van der Waals surface area contributed by atoms with Crippen LogP contribution in [0.25, 0.3) is 11.6 Å². The summed E-state index contributed by atoms with van der Waals surface area (Å²) < 4.78 is 16.4. The molecule has 0 bridgehead atoms. The molecule has 34 heavy (non-hydrogen) atoms. The quantitative estimate of drug-likeness (QED) is 0.408. The van der Waals surface area contributed by atoms with Gasteiger partial charge < -0.3 is 19.1 Å². The first-order valence-electron chi connectivity index (χ1n) is 11.7. The number of anilines is 1. The van der Waals surface area contributed by atoms with Gasteiger partial charge in [-0.25, -0.2) is 0 Å². The number of piperidine rings is 1. The first kappa shape index (κ1) is 24.1. The number of likely N-dealkylation sites (tertiary alicyclic amines) is 1. The molecule has 2 aliphatic rings. The number of nitrogens with zero attached hydrogens (tertiary/aromatic N) is 3. The Hall–Kier alpha value is -3.02. The average molecular weight is 482 g/mol. The van der Waals surface area contributed by atoms with E-state index in [4.69, 9.17) is 14.2 Å². The van der Waals surface area contributed by atoms with Crippen LogP contribution in [-0.2, 0) is 9.53 Å². The van der Waals surface area contributed by atoms with E-state index < -0.39 is 0 Å². The summed E-state index contributed by atoms with van der Waals surface area (Å²) in [6, 6.07) is 11.9. The van der Waals surface area contributed by atoms with Crippen molar-refractivity contribution in [3.63, 3.8) is 0 Å². The zero-order valence-electron chi connectivity index (χ0n) is 19.8. The maximum Gasteiger partial charge on any atom is 0.320 e. The van der Waals surface area contributed by atoms with Gasteiger partial charge in [0.2, 0.25) is 0 Å². The lowest BCUT2D eigenvalue weighted by molar-refractivity contribution is -0.151. The molecule has 0 unspecified atom stereocenters. The maximum absolute atomic E-state index is 12.2. The number of nitriles is 1. The van der Waals surface area contributed by atoms with Crippen molar-refractivity contribution in [1.82, 2.24) is 4.90 Å². The smallest absolute Gasteiger partial charge is 0.320 e. The summed E-state index contributed by atoms with van der Waals surface area (Å²) in [5.41, 5.74) is 1.35. The Bertz CT molecular complexity index is 1060. The molecule has 4 rings (SSSR count). The predicted octanol–water partition coefficient (Wildman–Crippen LogP) is 4.44. The fourth-order valence-corrected chi connectivity index (χ4v) is 5.46. The normalized spacial score (nSPS) is 17.4. The van der Waals surface area contributed by atoms with E-state index in [9.17, 15) is 10.1 Å². The number of esters is 1. The zero-order chi connectivity index (χ0) is 23.9. The minimum absolute atomic E-state index is 0.000857. The third-order valence-electron chi connectivity index (χ3n) is 6.32. The number of rotatable bonds is 8. The molecule has 0 atom stereocenters. The van der Waals surface area contributed by atoms with Gasteiger partial charge in [-0.05, 0) is 67.9 Å². The van der Waals surface area contributed by atoms with Crippen LogP contribution in [0, 0.1) is 11.3 Å². The van der Waals surface area contributed by atoms with Gasteiger partial charge in [-0.2, -0.15) is 5.26 Å². The second-order valence-electron chi connectivity index (χ2n) is 8.58. The van der Waals surface area contributed by atoms with E-state index in [0.717, 1.165) is 54.5 Å². The zero-order valence-corrected chi connectivity index (χ0v) is 20.6. The van der Waals surface area contributed by atoms with Crippen molar-refractivity contribution in [1.29, 1.82) is 5.26 Å². The molecule has 0 N–H and O–H groups in total. The molecule has 2 aromatic rings. The number of carbonyl (C=O) groups is 1. The number of benzene rings is 1. The number of carbonyl (C=O) groups excluding carboxylic acids is 1. The SMILES string of the molecule is COc1ccc(C(C#N)=Cc2ccc(N3CCC(OC(=O)CN4CCCC4)CC3)s2)cc1OC. The first-order valence-corrected chi connectivity index (χ1v) is 12.5. The van der Waals surface area contributed by atoms with E-state index in [1.807, 2.05) is 24.3 Å². The molecule has 2 aliphatic heterocycles. The van der Waals surface area contributed by atoms with Gasteiger partial charge in [0, 0.05) is 30.8 Å². The lowest BCUT2D eigenvalue weighted by Crippen LogP contribution is -2.39. The van der Waals surface area contributed by atoms with Gasteiger partial charge in [-0.3, -0.25) is 9.69 Å². The molecule has 0 spiro atoms. The molecule has 0 amide bonds. The summed E-state index contributed by atoms with van der Waals surface area (Å²) in [4.78, 5) is 17.7. The van der Waals surface area contributed by atoms with Gasteiger partial charge >= 0.3 is 5.97 Å². The number of hydrogen-bond donors (Lipinski definition) is 0. The Kier molecular flexibility index (Phi) is 8.09. The molecular weight excluding hydrogens is 450 g/mol. The second kappa shape index (κ2) is 11.4. The Morgan fingerprint density at radius 3 is 2.50 bits per heavy atom. The lowest BCUT2D eigenvalue weighted by atomic mass is 10.1. The van der Waals surface area contributed by atoms with Crippen molar-refractivity contribution >= 4 is 34.0 Å². The van der Waals surface area contributed by atoms with E-state index in [1.165, 1.54) is 12.8 Å². The van der Waals surface area contributed by atoms with E-state index in [2.05, 4.69) is 21.9 Å². The third-order valence-corrected chi connectivity index (χ3v) is 7.41. The molecule has 1 aromatic carbocycles. The minimum atomic E-state index is -0.0944. The van der Waals surface area contributed by atoms with Gasteiger partial charge in [0.15, 0.2) is 11.5 Å². The monoisotopic (exact) mass is 481 g/mol. The average Bonchev–Trinajstić information content (AvgIpc) is 3.55. The van der Waals surface area contributed by atoms with Crippen molar-refractivity contribution in [3.8, 4) is 17.6 Å². The fourth-order valence-electron chi connectivity index (χ4n) is 4.46. The largest absolute Gasteiger partial charge is 0.493 e. The summed E-state index contributed by atoms with van der Waals surface area (Å²) in [5.74, 6) is 1.13. The molecule has 0 aliphatic carbocycles. The van der Waals surface area contributed by atoms with E-state index >= 15 is 0 Å². The van der Waals surface area contributed by atoms with Crippen LogP contribution >= 0.6 is 11.3 Å². The Labute approximate surface area is 205 Å². The highest BCUT2D eigenvalue weighted by molar-refractivity contribution is 7.17. The summed E-state index contributed by atoms with van der Waals surface area (Å²) in [5, 5.41) is 10.9. The van der Waals surface area contributed by atoms with Crippen LogP contribution in [0.1, 0.15) is 36.1 Å². The highest BCUT2D eigenvalue weighted by Crippen LogP contribution is 2.34. The van der Waals surface area contributed by atoms with Crippen LogP contribution in [0.15, 0.2) is 30.3 Å². The number of ether oxygens (including phenoxy) is 3. The molecule has 7 nitrogen and oxygen atoms in total. The fraction of sp³-hybridized carbons (Fsp3) is 0.462. The van der Waals surface area contributed by atoms with Crippen molar-refractivity contribution < 1.29 is 19.0 Å². The highest BCUT2D eigenvalue weighted by atomic mass is 32.1. The van der Waals surface area contributed by atoms with Crippen molar-refractivity contribution in [2.24, 2.45) is 0 Å². The number of methoxy groups -OCH3 is 2. The van der Waals surface area contributed by atoms with Crippen LogP contribution in [0.2, 0.25) is 0 Å². The van der Waals surface area contributed by atoms with Gasteiger partial charge in [-0.1, -0.05) is 0 Å². The van der Waals surface area contributed by atoms with Gasteiger partial charge in [0.1, 0.15) is 6.10 Å². The van der Waals surface area contributed by atoms with Crippen LogP contribution in [0.4, 0.5) is 5.00 Å². The number of hydrogen-bond acceptors (Lipinski definition) is 8. The molecule has 180 valence electrons.